The molecule has 0 saturated heterocycles. The van der Waals surface area contributed by atoms with E-state index in [9.17, 15) is 0 Å². The van der Waals surface area contributed by atoms with Crippen LogP contribution in [0.3, 0.4) is 0 Å². The van der Waals surface area contributed by atoms with Crippen molar-refractivity contribution >= 4 is 28.8 Å². The minimum Gasteiger partial charge on any atom is -0.476 e. The van der Waals surface area contributed by atoms with E-state index >= 15 is 0 Å². The first-order valence-corrected chi connectivity index (χ1v) is 7.26. The second-order valence-electron chi connectivity index (χ2n) is 5.40. The van der Waals surface area contributed by atoms with Crippen molar-refractivity contribution in [3.05, 3.63) is 40.9 Å². The summed E-state index contributed by atoms with van der Waals surface area (Å²) in [5, 5.41) is 3.83. The number of hydrogen-bond acceptors (Lipinski definition) is 4. The second-order valence-corrected chi connectivity index (χ2v) is 5.81. The van der Waals surface area contributed by atoms with Gasteiger partial charge in [-0.1, -0.05) is 31.5 Å². The molecule has 1 heterocycles. The molecule has 0 atom stereocenters. The number of ether oxygens (including phenoxy) is 1. The van der Waals surface area contributed by atoms with E-state index in [-0.39, 0.29) is 0 Å². The predicted octanol–water partition coefficient (Wildman–Crippen LogP) is 4.40. The van der Waals surface area contributed by atoms with Crippen molar-refractivity contribution in [3.8, 4) is 5.88 Å². The Balaban J connectivity index is 2.20. The Morgan fingerprint density at radius 1 is 1.29 bits per heavy atom. The van der Waals surface area contributed by atoms with Crippen molar-refractivity contribution < 1.29 is 4.74 Å². The largest absolute Gasteiger partial charge is 0.476 e. The monoisotopic (exact) mass is 305 g/mol. The van der Waals surface area contributed by atoms with Crippen LogP contribution in [0.4, 0.5) is 17.2 Å². The van der Waals surface area contributed by atoms with Crippen molar-refractivity contribution in [1.29, 1.82) is 0 Å². The normalized spacial score (nSPS) is 10.7. The van der Waals surface area contributed by atoms with Crippen LogP contribution in [0.2, 0.25) is 5.02 Å². The number of anilines is 3. The number of rotatable bonds is 5. The highest BCUT2D eigenvalue weighted by Gasteiger charge is 2.07. The molecule has 4 nitrogen and oxygen atoms in total. The molecule has 0 radical (unpaired) electrons. The van der Waals surface area contributed by atoms with Gasteiger partial charge in [-0.05, 0) is 42.7 Å². The van der Waals surface area contributed by atoms with E-state index in [1.807, 2.05) is 25.1 Å². The number of aromatic nitrogens is 1. The SMILES string of the molecule is Cc1ccc(Cl)c(Nc2ccc(N)c(OCC(C)C)n2)c1. The van der Waals surface area contributed by atoms with Gasteiger partial charge in [0.15, 0.2) is 0 Å². The molecule has 2 aromatic rings. The molecule has 0 fully saturated rings. The molecule has 2 rings (SSSR count). The maximum atomic E-state index is 6.17. The molecule has 112 valence electrons. The van der Waals surface area contributed by atoms with Crippen LogP contribution < -0.4 is 15.8 Å². The summed E-state index contributed by atoms with van der Waals surface area (Å²) in [7, 11) is 0. The van der Waals surface area contributed by atoms with Crippen molar-refractivity contribution in [2.24, 2.45) is 5.92 Å². The van der Waals surface area contributed by atoms with Gasteiger partial charge < -0.3 is 15.8 Å². The Labute approximate surface area is 130 Å². The van der Waals surface area contributed by atoms with Crippen LogP contribution in [0, 0.1) is 12.8 Å². The molecule has 0 spiro atoms. The molecule has 0 aliphatic rings. The summed E-state index contributed by atoms with van der Waals surface area (Å²) in [4.78, 5) is 4.39. The first kappa shape index (κ1) is 15.4. The zero-order valence-electron chi connectivity index (χ0n) is 12.5. The zero-order valence-corrected chi connectivity index (χ0v) is 13.2. The predicted molar refractivity (Wildman–Crippen MR) is 88.5 cm³/mol. The molecular weight excluding hydrogens is 286 g/mol. The fourth-order valence-electron chi connectivity index (χ4n) is 1.75. The number of halogens is 1. The first-order valence-electron chi connectivity index (χ1n) is 6.88. The van der Waals surface area contributed by atoms with Crippen molar-refractivity contribution in [1.82, 2.24) is 4.98 Å². The summed E-state index contributed by atoms with van der Waals surface area (Å²) < 4.78 is 5.62. The number of hydrogen-bond donors (Lipinski definition) is 2. The van der Waals surface area contributed by atoms with Gasteiger partial charge in [-0.15, -0.1) is 0 Å². The van der Waals surface area contributed by atoms with E-state index < -0.39 is 0 Å². The molecule has 21 heavy (non-hydrogen) atoms. The molecule has 5 heteroatoms. The van der Waals surface area contributed by atoms with Crippen molar-refractivity contribution in [2.45, 2.75) is 20.8 Å². The Kier molecular flexibility index (Phi) is 4.91. The molecular formula is C16H20ClN3O. The van der Waals surface area contributed by atoms with Crippen LogP contribution >= 0.6 is 11.6 Å². The van der Waals surface area contributed by atoms with E-state index in [1.165, 1.54) is 0 Å². The smallest absolute Gasteiger partial charge is 0.239 e. The lowest BCUT2D eigenvalue weighted by Gasteiger charge is -2.13. The third-order valence-electron chi connectivity index (χ3n) is 2.83. The van der Waals surface area contributed by atoms with Crippen LogP contribution in [-0.4, -0.2) is 11.6 Å². The standard InChI is InChI=1S/C16H20ClN3O/c1-10(2)9-21-16-13(18)6-7-15(20-16)19-14-8-11(3)4-5-12(14)17/h4-8,10H,9,18H2,1-3H3,(H,19,20). The van der Waals surface area contributed by atoms with Crippen LogP contribution in [0.15, 0.2) is 30.3 Å². The number of aryl methyl sites for hydroxylation is 1. The van der Waals surface area contributed by atoms with E-state index in [0.29, 0.717) is 34.9 Å². The van der Waals surface area contributed by atoms with E-state index in [1.54, 1.807) is 12.1 Å². The Hall–Kier alpha value is -1.94. The quantitative estimate of drug-likeness (QED) is 0.859. The second kappa shape index (κ2) is 6.68. The summed E-state index contributed by atoms with van der Waals surface area (Å²) in [6.07, 6.45) is 0. The van der Waals surface area contributed by atoms with Crippen LogP contribution in [0.5, 0.6) is 5.88 Å². The molecule has 1 aromatic heterocycles. The van der Waals surface area contributed by atoms with Gasteiger partial charge in [-0.3, -0.25) is 0 Å². The van der Waals surface area contributed by atoms with Gasteiger partial charge in [0.2, 0.25) is 5.88 Å². The van der Waals surface area contributed by atoms with Gasteiger partial charge in [0.25, 0.3) is 0 Å². The molecule has 0 saturated carbocycles. The number of nitrogens with two attached hydrogens (primary N) is 1. The fourth-order valence-corrected chi connectivity index (χ4v) is 1.92. The summed E-state index contributed by atoms with van der Waals surface area (Å²) in [5.41, 5.74) is 8.33. The van der Waals surface area contributed by atoms with Crippen molar-refractivity contribution in [3.63, 3.8) is 0 Å². The maximum absolute atomic E-state index is 6.17. The minimum atomic E-state index is 0.411. The van der Waals surface area contributed by atoms with E-state index in [2.05, 4.69) is 24.1 Å². The average molecular weight is 306 g/mol. The number of nitrogens with one attached hydrogen (secondary N) is 1. The Morgan fingerprint density at radius 2 is 2.05 bits per heavy atom. The van der Waals surface area contributed by atoms with Gasteiger partial charge >= 0.3 is 0 Å². The average Bonchev–Trinajstić information content (AvgIpc) is 2.43. The van der Waals surface area contributed by atoms with Crippen molar-refractivity contribution in [2.75, 3.05) is 17.7 Å². The topological polar surface area (TPSA) is 60.2 Å². The highest BCUT2D eigenvalue weighted by Crippen LogP contribution is 2.28. The van der Waals surface area contributed by atoms with E-state index in [4.69, 9.17) is 22.1 Å². The van der Waals surface area contributed by atoms with Gasteiger partial charge in [-0.2, -0.15) is 4.98 Å². The molecule has 0 bridgehead atoms. The molecule has 0 aliphatic heterocycles. The first-order chi connectivity index (χ1) is 9.95. The van der Waals surface area contributed by atoms with Crippen LogP contribution in [0.25, 0.3) is 0 Å². The summed E-state index contributed by atoms with van der Waals surface area (Å²) in [5.74, 6) is 1.50. The third kappa shape index (κ3) is 4.26. The summed E-state index contributed by atoms with van der Waals surface area (Å²) in [6, 6.07) is 9.35. The lowest BCUT2D eigenvalue weighted by Crippen LogP contribution is -2.08. The van der Waals surface area contributed by atoms with E-state index in [0.717, 1.165) is 11.3 Å². The Morgan fingerprint density at radius 3 is 2.76 bits per heavy atom. The number of nitrogen functional groups attached to an aromatic ring is 1. The lowest BCUT2D eigenvalue weighted by molar-refractivity contribution is 0.263. The number of nitrogens with zero attached hydrogens (tertiary/aromatic N) is 1. The number of benzene rings is 1. The molecule has 0 unspecified atom stereocenters. The highest BCUT2D eigenvalue weighted by atomic mass is 35.5. The molecule has 1 aromatic carbocycles. The van der Waals surface area contributed by atoms with Crippen LogP contribution in [0.1, 0.15) is 19.4 Å². The van der Waals surface area contributed by atoms with Gasteiger partial charge in [0, 0.05) is 0 Å². The number of pyridine rings is 1. The zero-order chi connectivity index (χ0) is 15.4. The summed E-state index contributed by atoms with van der Waals surface area (Å²) in [6.45, 7) is 6.73. The summed E-state index contributed by atoms with van der Waals surface area (Å²) >= 11 is 6.17. The van der Waals surface area contributed by atoms with Gasteiger partial charge in [-0.25, -0.2) is 0 Å². The molecule has 0 aliphatic carbocycles. The highest BCUT2D eigenvalue weighted by molar-refractivity contribution is 6.33. The lowest BCUT2D eigenvalue weighted by atomic mass is 10.2. The van der Waals surface area contributed by atoms with Gasteiger partial charge in [0.05, 0.1) is 23.0 Å². The fraction of sp³-hybridized carbons (Fsp3) is 0.312. The van der Waals surface area contributed by atoms with Gasteiger partial charge in [0.1, 0.15) is 5.82 Å². The van der Waals surface area contributed by atoms with Crippen LogP contribution in [-0.2, 0) is 0 Å². The third-order valence-corrected chi connectivity index (χ3v) is 3.16. The molecule has 0 amide bonds. The maximum Gasteiger partial charge on any atom is 0.239 e. The molecule has 3 N–H and O–H groups in total. The minimum absolute atomic E-state index is 0.411. The Bertz CT molecular complexity index is 629.